The van der Waals surface area contributed by atoms with E-state index in [9.17, 15) is 4.79 Å². The number of hydrogen-bond donors (Lipinski definition) is 2. The highest BCUT2D eigenvalue weighted by Gasteiger charge is 2.31. The molecule has 5 rings (SSSR count). The van der Waals surface area contributed by atoms with Gasteiger partial charge >= 0.3 is 0 Å². The van der Waals surface area contributed by atoms with Crippen LogP contribution in [0.1, 0.15) is 71.8 Å². The fraction of sp³-hybridized carbons (Fsp3) is 0.633. The number of aromatic nitrogens is 2. The van der Waals surface area contributed by atoms with Crippen LogP contribution in [0.4, 0.5) is 5.82 Å². The molecule has 2 aromatic rings. The Bertz CT molecular complexity index is 1090. The minimum atomic E-state index is -0.0226. The summed E-state index contributed by atoms with van der Waals surface area (Å²) in [5, 5.41) is 7.20. The van der Waals surface area contributed by atoms with Crippen molar-refractivity contribution >= 4 is 11.7 Å². The minimum Gasteiger partial charge on any atom is -0.379 e. The maximum absolute atomic E-state index is 13.4. The van der Waals surface area contributed by atoms with Gasteiger partial charge in [-0.25, -0.2) is 9.97 Å². The van der Waals surface area contributed by atoms with E-state index in [0.29, 0.717) is 49.8 Å². The minimum absolute atomic E-state index is 0.0226. The van der Waals surface area contributed by atoms with Gasteiger partial charge in [0.1, 0.15) is 17.8 Å². The number of anilines is 1. The number of ether oxygens (including phenoxy) is 3. The Kier molecular flexibility index (Phi) is 9.45. The fourth-order valence-electron chi connectivity index (χ4n) is 5.97. The van der Waals surface area contributed by atoms with E-state index in [1.54, 1.807) is 7.11 Å². The van der Waals surface area contributed by atoms with Gasteiger partial charge in [0.25, 0.3) is 5.91 Å². The summed E-state index contributed by atoms with van der Waals surface area (Å²) in [4.78, 5) is 24.2. The number of likely N-dealkylation sites (tertiary alicyclic amines) is 1. The van der Waals surface area contributed by atoms with Crippen molar-refractivity contribution in [2.24, 2.45) is 0 Å². The van der Waals surface area contributed by atoms with Gasteiger partial charge in [0.05, 0.1) is 24.9 Å². The van der Waals surface area contributed by atoms with Crippen LogP contribution in [-0.2, 0) is 14.2 Å². The molecule has 1 aromatic heterocycles. The molecule has 1 aromatic carbocycles. The molecule has 3 saturated heterocycles. The largest absolute Gasteiger partial charge is 0.379 e. The number of carbonyl (C=O) groups excluding carboxylic acids is 1. The van der Waals surface area contributed by atoms with Gasteiger partial charge in [0, 0.05) is 51.0 Å². The zero-order chi connectivity index (χ0) is 27.2. The van der Waals surface area contributed by atoms with Gasteiger partial charge in [0.15, 0.2) is 0 Å². The molecule has 0 aliphatic carbocycles. The lowest BCUT2D eigenvalue weighted by Crippen LogP contribution is -2.54. The Morgan fingerprint density at radius 1 is 1.08 bits per heavy atom. The van der Waals surface area contributed by atoms with Crippen LogP contribution in [0, 0.1) is 13.8 Å². The molecule has 3 aliphatic heterocycles. The summed E-state index contributed by atoms with van der Waals surface area (Å²) in [6.45, 7) is 7.50. The van der Waals surface area contributed by atoms with Gasteiger partial charge in [-0.1, -0.05) is 29.8 Å². The number of nitrogens with zero attached hydrogens (tertiary/aromatic N) is 3. The molecule has 4 heterocycles. The second-order valence-electron chi connectivity index (χ2n) is 11.1. The summed E-state index contributed by atoms with van der Waals surface area (Å²) >= 11 is 0. The molecule has 3 aliphatic rings. The summed E-state index contributed by atoms with van der Waals surface area (Å²) in [5.41, 5.74) is 3.76. The van der Waals surface area contributed by atoms with Crippen LogP contribution < -0.4 is 10.6 Å². The molecule has 0 saturated carbocycles. The molecule has 9 heteroatoms. The van der Waals surface area contributed by atoms with Gasteiger partial charge in [-0.2, -0.15) is 0 Å². The molecule has 9 nitrogen and oxygen atoms in total. The summed E-state index contributed by atoms with van der Waals surface area (Å²) in [5.74, 6) is 0.682. The molecule has 2 N–H and O–H groups in total. The number of rotatable bonds is 8. The van der Waals surface area contributed by atoms with Crippen LogP contribution in [0.15, 0.2) is 30.6 Å². The van der Waals surface area contributed by atoms with Crippen molar-refractivity contribution in [1.29, 1.82) is 0 Å². The number of amides is 1. The Hall–Kier alpha value is -2.59. The third-order valence-corrected chi connectivity index (χ3v) is 8.42. The van der Waals surface area contributed by atoms with Crippen molar-refractivity contribution < 1.29 is 19.0 Å². The SMILES string of the molecule is CO[C@H]1COCC[C@H]1NC1CCN(C(=O)c2ncnc(NC[C@H]3CCC[C@@H](c4ccc(C)cc4)O3)c2C)CC1. The Morgan fingerprint density at radius 2 is 1.87 bits per heavy atom. The maximum Gasteiger partial charge on any atom is 0.272 e. The third kappa shape index (κ3) is 6.95. The molecule has 4 atom stereocenters. The van der Waals surface area contributed by atoms with Gasteiger partial charge in [0.2, 0.25) is 0 Å². The van der Waals surface area contributed by atoms with E-state index >= 15 is 0 Å². The Morgan fingerprint density at radius 3 is 2.64 bits per heavy atom. The average molecular weight is 538 g/mol. The molecule has 212 valence electrons. The molecule has 3 fully saturated rings. The lowest BCUT2D eigenvalue weighted by Gasteiger charge is -2.38. The van der Waals surface area contributed by atoms with Crippen LogP contribution in [0.5, 0.6) is 0 Å². The standard InChI is InChI=1S/C30H43N5O4/c1-20-7-9-22(10-8-20)26-6-4-5-24(39-26)17-31-29-21(2)28(32-19-33-29)30(36)35-14-11-23(12-15-35)34-25-13-16-38-18-27(25)37-3/h7-10,19,23-27,34H,4-6,11-18H2,1-3H3,(H,31,32,33)/t24-,25-,26+,27+/m1/s1. The smallest absolute Gasteiger partial charge is 0.272 e. The van der Waals surface area contributed by atoms with E-state index in [1.807, 2.05) is 11.8 Å². The number of hydrogen-bond acceptors (Lipinski definition) is 8. The van der Waals surface area contributed by atoms with Gasteiger partial charge < -0.3 is 29.7 Å². The summed E-state index contributed by atoms with van der Waals surface area (Å²) in [6.07, 6.45) is 7.75. The maximum atomic E-state index is 13.4. The number of carbonyl (C=O) groups is 1. The van der Waals surface area contributed by atoms with E-state index in [0.717, 1.165) is 50.7 Å². The number of nitrogens with one attached hydrogen (secondary N) is 2. The van der Waals surface area contributed by atoms with Crippen molar-refractivity contribution in [2.45, 2.75) is 82.8 Å². The normalized spacial score (nSPS) is 26.4. The van der Waals surface area contributed by atoms with Crippen LogP contribution in [0.25, 0.3) is 0 Å². The first-order valence-corrected chi connectivity index (χ1v) is 14.4. The monoisotopic (exact) mass is 537 g/mol. The molecular formula is C30H43N5O4. The predicted octanol–water partition coefficient (Wildman–Crippen LogP) is 3.81. The molecule has 0 bridgehead atoms. The summed E-state index contributed by atoms with van der Waals surface area (Å²) in [6, 6.07) is 9.30. The van der Waals surface area contributed by atoms with Gasteiger partial charge in [-0.05, 0) is 57.9 Å². The van der Waals surface area contributed by atoms with Crippen molar-refractivity contribution in [2.75, 3.05) is 45.3 Å². The van der Waals surface area contributed by atoms with E-state index < -0.39 is 0 Å². The Balaban J connectivity index is 1.13. The molecule has 1 amide bonds. The molecule has 0 radical (unpaired) electrons. The van der Waals surface area contributed by atoms with Crippen molar-refractivity contribution in [3.05, 3.63) is 53.0 Å². The second kappa shape index (κ2) is 13.2. The Labute approximate surface area is 232 Å². The molecule has 39 heavy (non-hydrogen) atoms. The highest BCUT2D eigenvalue weighted by atomic mass is 16.5. The highest BCUT2D eigenvalue weighted by molar-refractivity contribution is 5.94. The fourth-order valence-corrected chi connectivity index (χ4v) is 5.97. The number of aryl methyl sites for hydroxylation is 1. The van der Waals surface area contributed by atoms with Crippen LogP contribution in [0.2, 0.25) is 0 Å². The quantitative estimate of drug-likeness (QED) is 0.525. The van der Waals surface area contributed by atoms with E-state index in [1.165, 1.54) is 17.5 Å². The lowest BCUT2D eigenvalue weighted by atomic mass is 9.97. The zero-order valence-electron chi connectivity index (χ0n) is 23.5. The molecule has 0 spiro atoms. The van der Waals surface area contributed by atoms with E-state index in [4.69, 9.17) is 14.2 Å². The van der Waals surface area contributed by atoms with Crippen molar-refractivity contribution in [3.8, 4) is 0 Å². The van der Waals surface area contributed by atoms with Crippen LogP contribution in [0.3, 0.4) is 0 Å². The molecule has 0 unspecified atom stereocenters. The first kappa shape index (κ1) is 28.0. The molecular weight excluding hydrogens is 494 g/mol. The van der Waals surface area contributed by atoms with Crippen LogP contribution >= 0.6 is 0 Å². The number of methoxy groups -OCH3 is 1. The van der Waals surface area contributed by atoms with Crippen molar-refractivity contribution in [3.63, 3.8) is 0 Å². The van der Waals surface area contributed by atoms with Crippen LogP contribution in [-0.4, -0.2) is 85.0 Å². The van der Waals surface area contributed by atoms with E-state index in [2.05, 4.69) is 51.8 Å². The second-order valence-corrected chi connectivity index (χ2v) is 11.1. The predicted molar refractivity (Wildman–Crippen MR) is 150 cm³/mol. The van der Waals surface area contributed by atoms with Gasteiger partial charge in [-0.3, -0.25) is 4.79 Å². The third-order valence-electron chi connectivity index (χ3n) is 8.42. The number of benzene rings is 1. The topological polar surface area (TPSA) is 97.8 Å². The average Bonchev–Trinajstić information content (AvgIpc) is 2.97. The summed E-state index contributed by atoms with van der Waals surface area (Å²) in [7, 11) is 1.74. The van der Waals surface area contributed by atoms with Crippen molar-refractivity contribution in [1.82, 2.24) is 20.2 Å². The lowest BCUT2D eigenvalue weighted by molar-refractivity contribution is -0.0533. The van der Waals surface area contributed by atoms with Gasteiger partial charge in [-0.15, -0.1) is 0 Å². The first-order chi connectivity index (χ1) is 19.0. The number of piperidine rings is 1. The highest BCUT2D eigenvalue weighted by Crippen LogP contribution is 2.31. The van der Waals surface area contributed by atoms with E-state index in [-0.39, 0.29) is 24.2 Å². The first-order valence-electron chi connectivity index (χ1n) is 14.4. The summed E-state index contributed by atoms with van der Waals surface area (Å²) < 4.78 is 17.6. The zero-order valence-corrected chi connectivity index (χ0v) is 23.5.